The van der Waals surface area contributed by atoms with E-state index in [1.54, 1.807) is 6.92 Å². The van der Waals surface area contributed by atoms with Gasteiger partial charge in [0, 0.05) is 18.3 Å². The van der Waals surface area contributed by atoms with Gasteiger partial charge >= 0.3 is 0 Å². The van der Waals surface area contributed by atoms with Crippen LogP contribution < -0.4 is 10.5 Å². The number of sulfonamides is 1. The van der Waals surface area contributed by atoms with Crippen molar-refractivity contribution < 1.29 is 17.5 Å². The lowest BCUT2D eigenvalue weighted by atomic mass is 10.1. The molecule has 2 unspecified atom stereocenters. The van der Waals surface area contributed by atoms with E-state index in [1.165, 1.54) is 6.07 Å². The normalized spacial score (nSPS) is 21.1. The SMILES string of the molecule is CC(NS(=O)(=O)c1cc(N)cc(Br)c1F)C1CCCO1. The molecule has 1 aromatic rings. The molecule has 3 N–H and O–H groups in total. The van der Waals surface area contributed by atoms with E-state index >= 15 is 0 Å². The molecule has 1 aromatic carbocycles. The van der Waals surface area contributed by atoms with Gasteiger partial charge in [0.1, 0.15) is 4.90 Å². The Hall–Kier alpha value is -0.700. The Bertz CT molecular complexity index is 603. The van der Waals surface area contributed by atoms with E-state index in [0.29, 0.717) is 6.61 Å². The van der Waals surface area contributed by atoms with Crippen LogP contribution in [0.5, 0.6) is 0 Å². The number of halogens is 2. The molecule has 2 atom stereocenters. The van der Waals surface area contributed by atoms with Gasteiger partial charge in [0.15, 0.2) is 5.82 Å². The van der Waals surface area contributed by atoms with Gasteiger partial charge < -0.3 is 10.5 Å². The van der Waals surface area contributed by atoms with E-state index in [4.69, 9.17) is 10.5 Å². The lowest BCUT2D eigenvalue weighted by Crippen LogP contribution is -2.41. The maximum Gasteiger partial charge on any atom is 0.243 e. The van der Waals surface area contributed by atoms with Crippen LogP contribution in [0.4, 0.5) is 10.1 Å². The third-order valence-electron chi connectivity index (χ3n) is 3.17. The van der Waals surface area contributed by atoms with Crippen LogP contribution in [0.2, 0.25) is 0 Å². The molecule has 5 nitrogen and oxygen atoms in total. The maximum absolute atomic E-state index is 14.0. The number of ether oxygens (including phenoxy) is 1. The number of hydrogen-bond donors (Lipinski definition) is 2. The highest BCUT2D eigenvalue weighted by Crippen LogP contribution is 2.26. The Morgan fingerprint density at radius 2 is 2.25 bits per heavy atom. The molecule has 0 saturated carbocycles. The first-order chi connectivity index (χ1) is 9.31. The van der Waals surface area contributed by atoms with Crippen molar-refractivity contribution in [1.82, 2.24) is 4.72 Å². The highest BCUT2D eigenvalue weighted by molar-refractivity contribution is 9.10. The van der Waals surface area contributed by atoms with Crippen LogP contribution in [0, 0.1) is 5.82 Å². The first kappa shape index (κ1) is 15.7. The fraction of sp³-hybridized carbons (Fsp3) is 0.500. The number of nitrogens with two attached hydrogens (primary N) is 1. The van der Waals surface area contributed by atoms with Gasteiger partial charge in [-0.2, -0.15) is 0 Å². The minimum absolute atomic E-state index is 0.0163. The Labute approximate surface area is 125 Å². The maximum atomic E-state index is 14.0. The van der Waals surface area contributed by atoms with Crippen LogP contribution in [-0.2, 0) is 14.8 Å². The number of nitrogen functional groups attached to an aromatic ring is 1. The van der Waals surface area contributed by atoms with E-state index in [2.05, 4.69) is 20.7 Å². The molecule has 1 heterocycles. The number of rotatable bonds is 4. The molecular weight excluding hydrogens is 351 g/mol. The van der Waals surface area contributed by atoms with Crippen LogP contribution in [0.3, 0.4) is 0 Å². The molecular formula is C12H16BrFN2O3S. The number of anilines is 1. The molecule has 1 aliphatic rings. The second kappa shape index (κ2) is 5.97. The highest BCUT2D eigenvalue weighted by atomic mass is 79.9. The quantitative estimate of drug-likeness (QED) is 0.798. The summed E-state index contributed by atoms with van der Waals surface area (Å²) in [5, 5.41) is 0. The minimum atomic E-state index is -3.99. The van der Waals surface area contributed by atoms with E-state index < -0.39 is 26.8 Å². The summed E-state index contributed by atoms with van der Waals surface area (Å²) in [6, 6.07) is 1.99. The molecule has 0 bridgehead atoms. The predicted molar refractivity (Wildman–Crippen MR) is 77.3 cm³/mol. The van der Waals surface area contributed by atoms with Gasteiger partial charge in [-0.25, -0.2) is 17.5 Å². The molecule has 0 amide bonds. The number of benzene rings is 1. The van der Waals surface area contributed by atoms with E-state index in [1.807, 2.05) is 0 Å². The van der Waals surface area contributed by atoms with Gasteiger partial charge in [0.25, 0.3) is 0 Å². The molecule has 0 aliphatic carbocycles. The van der Waals surface area contributed by atoms with Crippen molar-refractivity contribution in [2.75, 3.05) is 12.3 Å². The standard InChI is InChI=1S/C12H16BrFN2O3S/c1-7(10-3-2-4-19-10)16-20(17,18)11-6-8(15)5-9(13)12(11)14/h5-7,10,16H,2-4,15H2,1H3. The minimum Gasteiger partial charge on any atom is -0.399 e. The second-order valence-electron chi connectivity index (χ2n) is 4.78. The molecule has 1 saturated heterocycles. The van der Waals surface area contributed by atoms with E-state index in [0.717, 1.165) is 18.9 Å². The van der Waals surface area contributed by atoms with Gasteiger partial charge in [-0.1, -0.05) is 0 Å². The van der Waals surface area contributed by atoms with Crippen molar-refractivity contribution >= 4 is 31.6 Å². The van der Waals surface area contributed by atoms with Crippen molar-refractivity contribution in [2.24, 2.45) is 0 Å². The molecule has 112 valence electrons. The summed E-state index contributed by atoms with van der Waals surface area (Å²) in [5.74, 6) is -0.855. The summed E-state index contributed by atoms with van der Waals surface area (Å²) in [5.41, 5.74) is 5.73. The molecule has 0 spiro atoms. The molecule has 0 radical (unpaired) electrons. The van der Waals surface area contributed by atoms with Gasteiger partial charge in [0.2, 0.25) is 10.0 Å². The Kier molecular flexibility index (Phi) is 4.68. The summed E-state index contributed by atoms with van der Waals surface area (Å²) in [7, 11) is -3.99. The predicted octanol–water partition coefficient (Wildman–Crippen LogP) is 2.02. The summed E-state index contributed by atoms with van der Waals surface area (Å²) in [4.78, 5) is -0.464. The molecule has 20 heavy (non-hydrogen) atoms. The van der Waals surface area contributed by atoms with Gasteiger partial charge in [0.05, 0.1) is 10.6 Å². The zero-order valence-corrected chi connectivity index (χ0v) is 13.3. The number of hydrogen-bond acceptors (Lipinski definition) is 4. The smallest absolute Gasteiger partial charge is 0.243 e. The summed E-state index contributed by atoms with van der Waals surface area (Å²) in [6.07, 6.45) is 1.50. The second-order valence-corrected chi connectivity index (χ2v) is 7.31. The van der Waals surface area contributed by atoms with Crippen LogP contribution in [0.1, 0.15) is 19.8 Å². The topological polar surface area (TPSA) is 81.4 Å². The van der Waals surface area contributed by atoms with Crippen LogP contribution >= 0.6 is 15.9 Å². The molecule has 8 heteroatoms. The highest BCUT2D eigenvalue weighted by Gasteiger charge is 2.29. The summed E-state index contributed by atoms with van der Waals surface area (Å²) >= 11 is 2.95. The third kappa shape index (κ3) is 3.30. The van der Waals surface area contributed by atoms with Crippen LogP contribution in [0.25, 0.3) is 0 Å². The monoisotopic (exact) mass is 366 g/mol. The Balaban J connectivity index is 2.26. The molecule has 1 fully saturated rings. The Morgan fingerprint density at radius 3 is 2.85 bits per heavy atom. The molecule has 1 aliphatic heterocycles. The van der Waals surface area contributed by atoms with Crippen LogP contribution in [0.15, 0.2) is 21.5 Å². The molecule has 0 aromatic heterocycles. The average molecular weight is 367 g/mol. The van der Waals surface area contributed by atoms with E-state index in [-0.39, 0.29) is 16.3 Å². The van der Waals surface area contributed by atoms with Crippen molar-refractivity contribution in [1.29, 1.82) is 0 Å². The fourth-order valence-electron chi connectivity index (χ4n) is 2.16. The fourth-order valence-corrected chi connectivity index (χ4v) is 4.17. The lowest BCUT2D eigenvalue weighted by molar-refractivity contribution is 0.0902. The van der Waals surface area contributed by atoms with Crippen molar-refractivity contribution in [2.45, 2.75) is 36.8 Å². The van der Waals surface area contributed by atoms with Gasteiger partial charge in [-0.05, 0) is 47.8 Å². The van der Waals surface area contributed by atoms with E-state index in [9.17, 15) is 12.8 Å². The van der Waals surface area contributed by atoms with Crippen molar-refractivity contribution in [3.05, 3.63) is 22.4 Å². The third-order valence-corrected chi connectivity index (χ3v) is 5.31. The first-order valence-electron chi connectivity index (χ1n) is 6.19. The lowest BCUT2D eigenvalue weighted by Gasteiger charge is -2.20. The molecule has 2 rings (SSSR count). The van der Waals surface area contributed by atoms with Crippen LogP contribution in [-0.4, -0.2) is 27.2 Å². The van der Waals surface area contributed by atoms with Crippen molar-refractivity contribution in [3.8, 4) is 0 Å². The largest absolute Gasteiger partial charge is 0.399 e. The van der Waals surface area contributed by atoms with Gasteiger partial charge in [-0.3, -0.25) is 0 Å². The first-order valence-corrected chi connectivity index (χ1v) is 8.47. The number of nitrogens with one attached hydrogen (secondary N) is 1. The zero-order valence-electron chi connectivity index (χ0n) is 10.9. The summed E-state index contributed by atoms with van der Waals surface area (Å²) in [6.45, 7) is 2.32. The van der Waals surface area contributed by atoms with Crippen molar-refractivity contribution in [3.63, 3.8) is 0 Å². The zero-order chi connectivity index (χ0) is 14.9. The summed E-state index contributed by atoms with van der Waals surface area (Å²) < 4.78 is 46.3. The van der Waals surface area contributed by atoms with Gasteiger partial charge in [-0.15, -0.1) is 0 Å². The Morgan fingerprint density at radius 1 is 1.55 bits per heavy atom. The average Bonchev–Trinajstić information content (AvgIpc) is 2.86.